The van der Waals surface area contributed by atoms with Gasteiger partial charge in [0.05, 0.1) is 7.85 Å². The van der Waals surface area contributed by atoms with Crippen LogP contribution in [0.3, 0.4) is 0 Å². The summed E-state index contributed by atoms with van der Waals surface area (Å²) in [6, 6.07) is 0. The Kier molecular flexibility index (Phi) is 5.12. The number of hydrogen-bond acceptors (Lipinski definition) is 2. The fourth-order valence-electron chi connectivity index (χ4n) is 0.524. The fourth-order valence-corrected chi connectivity index (χ4v) is 0.524. The predicted octanol–water partition coefficient (Wildman–Crippen LogP) is -0.431. The molecule has 1 atom stereocenters. The zero-order chi connectivity index (χ0) is 6.41. The SMILES string of the molecule is [B]C(N)CCCCN. The molecule has 0 saturated carbocycles. The smallest absolute Gasteiger partial charge is 0.0903 e. The van der Waals surface area contributed by atoms with Crippen LogP contribution in [0.5, 0.6) is 0 Å². The van der Waals surface area contributed by atoms with Crippen LogP contribution in [0.4, 0.5) is 0 Å². The van der Waals surface area contributed by atoms with E-state index in [0.29, 0.717) is 0 Å². The van der Waals surface area contributed by atoms with Crippen molar-refractivity contribution in [2.75, 3.05) is 6.54 Å². The van der Waals surface area contributed by atoms with E-state index in [1.807, 2.05) is 0 Å². The van der Waals surface area contributed by atoms with Gasteiger partial charge in [0.2, 0.25) is 0 Å². The highest BCUT2D eigenvalue weighted by Crippen LogP contribution is 1.93. The molecule has 3 heteroatoms. The van der Waals surface area contributed by atoms with Crippen LogP contribution in [0.1, 0.15) is 19.3 Å². The highest BCUT2D eigenvalue weighted by atomic mass is 14.6. The monoisotopic (exact) mass is 112 g/mol. The van der Waals surface area contributed by atoms with E-state index in [-0.39, 0.29) is 5.94 Å². The van der Waals surface area contributed by atoms with Crippen molar-refractivity contribution in [2.24, 2.45) is 11.5 Å². The largest absolute Gasteiger partial charge is 0.336 e. The van der Waals surface area contributed by atoms with Crippen LogP contribution in [0.15, 0.2) is 0 Å². The molecule has 0 aromatic rings. The van der Waals surface area contributed by atoms with E-state index in [2.05, 4.69) is 0 Å². The molecule has 0 aromatic carbocycles. The van der Waals surface area contributed by atoms with E-state index in [4.69, 9.17) is 19.3 Å². The van der Waals surface area contributed by atoms with Gasteiger partial charge in [-0.05, 0) is 25.3 Å². The molecule has 4 N–H and O–H groups in total. The highest BCUT2D eigenvalue weighted by molar-refractivity contribution is 6.11. The number of hydrogen-bond donors (Lipinski definition) is 2. The van der Waals surface area contributed by atoms with Gasteiger partial charge in [0.1, 0.15) is 0 Å². The maximum absolute atomic E-state index is 5.27. The lowest BCUT2D eigenvalue weighted by molar-refractivity contribution is 0.667. The third-order valence-electron chi connectivity index (χ3n) is 0.992. The van der Waals surface area contributed by atoms with Crippen molar-refractivity contribution >= 4 is 7.85 Å². The molecule has 0 saturated heterocycles. The molecule has 46 valence electrons. The lowest BCUT2D eigenvalue weighted by Crippen LogP contribution is -2.19. The van der Waals surface area contributed by atoms with E-state index in [1.54, 1.807) is 0 Å². The summed E-state index contributed by atoms with van der Waals surface area (Å²) < 4.78 is 0. The first-order valence-corrected chi connectivity index (χ1v) is 2.98. The zero-order valence-electron chi connectivity index (χ0n) is 5.14. The van der Waals surface area contributed by atoms with Crippen LogP contribution >= 0.6 is 0 Å². The minimum atomic E-state index is -0.151. The van der Waals surface area contributed by atoms with E-state index < -0.39 is 0 Å². The van der Waals surface area contributed by atoms with E-state index >= 15 is 0 Å². The second-order valence-corrected chi connectivity index (χ2v) is 1.95. The Bertz CT molecular complexity index is 47.7. The Balaban J connectivity index is 2.72. The first-order chi connectivity index (χ1) is 3.77. The molecule has 0 rings (SSSR count). The summed E-state index contributed by atoms with van der Waals surface area (Å²) in [5.74, 6) is -0.151. The fraction of sp³-hybridized carbons (Fsp3) is 1.00. The lowest BCUT2D eigenvalue weighted by atomic mass is 9.92. The third-order valence-corrected chi connectivity index (χ3v) is 0.992. The summed E-state index contributed by atoms with van der Waals surface area (Å²) in [4.78, 5) is 0. The summed E-state index contributed by atoms with van der Waals surface area (Å²) >= 11 is 0. The standard InChI is InChI=1S/C5H13BN2/c6-5(8)3-1-2-4-7/h5H,1-4,7-8H2. The Morgan fingerprint density at radius 3 is 2.38 bits per heavy atom. The van der Waals surface area contributed by atoms with Gasteiger partial charge >= 0.3 is 0 Å². The van der Waals surface area contributed by atoms with Gasteiger partial charge in [-0.25, -0.2) is 0 Å². The first-order valence-electron chi connectivity index (χ1n) is 2.98. The van der Waals surface area contributed by atoms with Crippen LogP contribution in [-0.4, -0.2) is 20.3 Å². The van der Waals surface area contributed by atoms with Crippen molar-refractivity contribution in [1.29, 1.82) is 0 Å². The van der Waals surface area contributed by atoms with Crippen LogP contribution in [0.2, 0.25) is 0 Å². The van der Waals surface area contributed by atoms with Crippen molar-refractivity contribution in [2.45, 2.75) is 25.2 Å². The second kappa shape index (κ2) is 5.13. The molecule has 0 fully saturated rings. The number of rotatable bonds is 4. The Labute approximate surface area is 52.0 Å². The normalized spacial score (nSPS) is 13.8. The molecule has 1 unspecified atom stereocenters. The Hall–Kier alpha value is -0.0151. The molecule has 0 amide bonds. The predicted molar refractivity (Wildman–Crippen MR) is 36.6 cm³/mol. The van der Waals surface area contributed by atoms with Crippen LogP contribution in [0, 0.1) is 0 Å². The van der Waals surface area contributed by atoms with Gasteiger partial charge in [-0.1, -0.05) is 6.42 Å². The van der Waals surface area contributed by atoms with Gasteiger partial charge in [0.25, 0.3) is 0 Å². The minimum Gasteiger partial charge on any atom is -0.336 e. The summed E-state index contributed by atoms with van der Waals surface area (Å²) in [5, 5.41) is 0. The van der Waals surface area contributed by atoms with Crippen LogP contribution in [0.25, 0.3) is 0 Å². The van der Waals surface area contributed by atoms with Gasteiger partial charge in [0, 0.05) is 0 Å². The van der Waals surface area contributed by atoms with Crippen LogP contribution < -0.4 is 11.5 Å². The van der Waals surface area contributed by atoms with Gasteiger partial charge < -0.3 is 11.5 Å². The van der Waals surface area contributed by atoms with E-state index in [9.17, 15) is 0 Å². The summed E-state index contributed by atoms with van der Waals surface area (Å²) in [7, 11) is 5.27. The number of unbranched alkanes of at least 4 members (excludes halogenated alkanes) is 1. The molecule has 0 bridgehead atoms. The molecule has 0 aliphatic rings. The molecular formula is C5H13BN2. The lowest BCUT2D eigenvalue weighted by Gasteiger charge is -2.01. The highest BCUT2D eigenvalue weighted by Gasteiger charge is 1.90. The second-order valence-electron chi connectivity index (χ2n) is 1.95. The molecule has 0 spiro atoms. The average molecular weight is 112 g/mol. The van der Waals surface area contributed by atoms with E-state index in [1.165, 1.54) is 0 Å². The van der Waals surface area contributed by atoms with Gasteiger partial charge in [-0.15, -0.1) is 0 Å². The molecule has 2 radical (unpaired) electrons. The summed E-state index contributed by atoms with van der Waals surface area (Å²) in [5.41, 5.74) is 10.5. The van der Waals surface area contributed by atoms with Gasteiger partial charge in [-0.3, -0.25) is 0 Å². The zero-order valence-corrected chi connectivity index (χ0v) is 5.14. The van der Waals surface area contributed by atoms with Gasteiger partial charge in [0.15, 0.2) is 0 Å². The molecule has 8 heavy (non-hydrogen) atoms. The first kappa shape index (κ1) is 7.98. The van der Waals surface area contributed by atoms with Crippen LogP contribution in [-0.2, 0) is 0 Å². The minimum absolute atomic E-state index is 0.151. The van der Waals surface area contributed by atoms with Crippen molar-refractivity contribution in [3.05, 3.63) is 0 Å². The topological polar surface area (TPSA) is 52.0 Å². The van der Waals surface area contributed by atoms with Crippen molar-refractivity contribution in [1.82, 2.24) is 0 Å². The third kappa shape index (κ3) is 5.98. The molecule has 0 aromatic heterocycles. The Morgan fingerprint density at radius 1 is 1.38 bits per heavy atom. The maximum Gasteiger partial charge on any atom is 0.0903 e. The molecule has 2 nitrogen and oxygen atoms in total. The summed E-state index contributed by atoms with van der Waals surface area (Å²) in [6.45, 7) is 0.743. The Morgan fingerprint density at radius 2 is 2.00 bits per heavy atom. The molecule has 0 heterocycles. The maximum atomic E-state index is 5.27. The molecule has 0 aliphatic carbocycles. The molecule has 0 aliphatic heterocycles. The van der Waals surface area contributed by atoms with Crippen molar-refractivity contribution in [3.63, 3.8) is 0 Å². The summed E-state index contributed by atoms with van der Waals surface area (Å²) in [6.07, 6.45) is 2.97. The van der Waals surface area contributed by atoms with E-state index in [0.717, 1.165) is 25.8 Å². The van der Waals surface area contributed by atoms with Crippen molar-refractivity contribution < 1.29 is 0 Å². The van der Waals surface area contributed by atoms with Crippen molar-refractivity contribution in [3.8, 4) is 0 Å². The quantitative estimate of drug-likeness (QED) is 0.383. The molecular weight excluding hydrogens is 98.9 g/mol. The average Bonchev–Trinajstić information content (AvgIpc) is 1.66. The number of nitrogens with two attached hydrogens (primary N) is 2. The van der Waals surface area contributed by atoms with Gasteiger partial charge in [-0.2, -0.15) is 0 Å².